The minimum absolute atomic E-state index is 0.216. The van der Waals surface area contributed by atoms with Gasteiger partial charge in [0, 0.05) is 18.7 Å². The summed E-state index contributed by atoms with van der Waals surface area (Å²) in [5.41, 5.74) is 3.36. The molecule has 0 fully saturated rings. The Morgan fingerprint density at radius 2 is 2.00 bits per heavy atom. The summed E-state index contributed by atoms with van der Waals surface area (Å²) in [5, 5.41) is 11.9. The third-order valence-electron chi connectivity index (χ3n) is 2.94. The Kier molecular flexibility index (Phi) is 5.59. The van der Waals surface area contributed by atoms with E-state index in [1.807, 2.05) is 6.92 Å². The molecule has 0 spiro atoms. The number of hydrogen-bond acceptors (Lipinski definition) is 2. The number of benzene rings is 1. The Hall–Kier alpha value is -1.61. The molecule has 0 radical (unpaired) electrons. The van der Waals surface area contributed by atoms with E-state index in [9.17, 15) is 4.79 Å². The van der Waals surface area contributed by atoms with Crippen LogP contribution in [-0.4, -0.2) is 17.6 Å². The lowest BCUT2D eigenvalue weighted by molar-refractivity contribution is -0.131. The van der Waals surface area contributed by atoms with Gasteiger partial charge in [-0.1, -0.05) is 36.8 Å². The van der Waals surface area contributed by atoms with Crippen LogP contribution in [-0.2, 0) is 11.2 Å². The fourth-order valence-electron chi connectivity index (χ4n) is 1.74. The van der Waals surface area contributed by atoms with E-state index in [1.165, 1.54) is 17.2 Å². The molecule has 0 amide bonds. The lowest BCUT2D eigenvalue weighted by atomic mass is 10.0. The summed E-state index contributed by atoms with van der Waals surface area (Å²) >= 11 is 0. The molecular formula is C15H21NO2. The number of hydrogen-bond donors (Lipinski definition) is 2. The number of carbonyl (C=O) groups is 1. The monoisotopic (exact) mass is 247 g/mol. The predicted octanol–water partition coefficient (Wildman–Crippen LogP) is 2.93. The van der Waals surface area contributed by atoms with Crippen LogP contribution in [0.2, 0.25) is 0 Å². The molecule has 1 rings (SSSR count). The minimum Gasteiger partial charge on any atom is -0.478 e. The van der Waals surface area contributed by atoms with E-state index < -0.39 is 5.97 Å². The first-order chi connectivity index (χ1) is 8.52. The van der Waals surface area contributed by atoms with E-state index in [1.54, 1.807) is 0 Å². The summed E-state index contributed by atoms with van der Waals surface area (Å²) in [6.07, 6.45) is 2.28. The highest BCUT2D eigenvalue weighted by atomic mass is 16.4. The molecule has 3 nitrogen and oxygen atoms in total. The lowest BCUT2D eigenvalue weighted by Crippen LogP contribution is -2.21. The van der Waals surface area contributed by atoms with Crippen molar-refractivity contribution in [3.05, 3.63) is 47.0 Å². The summed E-state index contributed by atoms with van der Waals surface area (Å²) in [5.74, 6) is -0.894. The van der Waals surface area contributed by atoms with Crippen LogP contribution in [0.1, 0.15) is 37.9 Å². The van der Waals surface area contributed by atoms with Crippen molar-refractivity contribution in [2.45, 2.75) is 33.2 Å². The highest BCUT2D eigenvalue weighted by molar-refractivity contribution is 5.80. The molecule has 0 aromatic heterocycles. The number of rotatable bonds is 6. The predicted molar refractivity (Wildman–Crippen MR) is 73.6 cm³/mol. The van der Waals surface area contributed by atoms with Gasteiger partial charge in [0.2, 0.25) is 0 Å². The molecule has 3 heteroatoms. The fraction of sp³-hybridized carbons (Fsp3) is 0.400. The van der Waals surface area contributed by atoms with Gasteiger partial charge in [0.15, 0.2) is 0 Å². The third kappa shape index (κ3) is 4.72. The number of nitrogens with one attached hydrogen (secondary N) is 1. The van der Waals surface area contributed by atoms with Crippen molar-refractivity contribution < 1.29 is 9.90 Å². The van der Waals surface area contributed by atoms with Crippen LogP contribution in [0.15, 0.2) is 35.9 Å². The largest absolute Gasteiger partial charge is 0.478 e. The Morgan fingerprint density at radius 1 is 1.39 bits per heavy atom. The minimum atomic E-state index is -0.894. The van der Waals surface area contributed by atoms with Gasteiger partial charge < -0.3 is 10.4 Å². The van der Waals surface area contributed by atoms with Gasteiger partial charge in [-0.15, -0.1) is 0 Å². The average Bonchev–Trinajstić information content (AvgIpc) is 2.35. The standard InChI is InChI=1S/C15H21NO2/c1-4-13-5-7-14(8-6-13)12(3)16-10-11(2)9-15(17)18/h5-9,12,16H,4,10H2,1-3H3,(H,17,18)/b11-9+. The highest BCUT2D eigenvalue weighted by Crippen LogP contribution is 2.13. The van der Waals surface area contributed by atoms with Crippen molar-refractivity contribution in [1.82, 2.24) is 5.32 Å². The topological polar surface area (TPSA) is 49.3 Å². The van der Waals surface area contributed by atoms with E-state index in [0.717, 1.165) is 12.0 Å². The fourth-order valence-corrected chi connectivity index (χ4v) is 1.74. The van der Waals surface area contributed by atoms with Crippen molar-refractivity contribution in [1.29, 1.82) is 0 Å². The van der Waals surface area contributed by atoms with Crippen molar-refractivity contribution in [2.24, 2.45) is 0 Å². The highest BCUT2D eigenvalue weighted by Gasteiger charge is 2.04. The zero-order chi connectivity index (χ0) is 13.5. The smallest absolute Gasteiger partial charge is 0.328 e. The molecule has 2 N–H and O–H groups in total. The SMILES string of the molecule is CCc1ccc(C(C)NC/C(C)=C/C(=O)O)cc1. The van der Waals surface area contributed by atoms with Crippen molar-refractivity contribution in [3.63, 3.8) is 0 Å². The van der Waals surface area contributed by atoms with Gasteiger partial charge in [0.1, 0.15) is 0 Å². The van der Waals surface area contributed by atoms with Gasteiger partial charge in [0.25, 0.3) is 0 Å². The maximum atomic E-state index is 10.5. The van der Waals surface area contributed by atoms with Crippen molar-refractivity contribution in [2.75, 3.05) is 6.54 Å². The van der Waals surface area contributed by atoms with Gasteiger partial charge in [-0.25, -0.2) is 4.79 Å². The maximum absolute atomic E-state index is 10.5. The molecule has 1 aromatic rings. The third-order valence-corrected chi connectivity index (χ3v) is 2.94. The van der Waals surface area contributed by atoms with Gasteiger partial charge in [-0.2, -0.15) is 0 Å². The molecule has 0 aliphatic heterocycles. The first-order valence-corrected chi connectivity index (χ1v) is 6.25. The van der Waals surface area contributed by atoms with E-state index in [-0.39, 0.29) is 6.04 Å². The van der Waals surface area contributed by atoms with Crippen LogP contribution < -0.4 is 5.32 Å². The molecule has 0 saturated heterocycles. The molecule has 1 aromatic carbocycles. The Balaban J connectivity index is 2.54. The number of aryl methyl sites for hydroxylation is 1. The normalized spacial score (nSPS) is 13.4. The molecule has 1 unspecified atom stereocenters. The van der Waals surface area contributed by atoms with Crippen molar-refractivity contribution in [3.8, 4) is 0 Å². The maximum Gasteiger partial charge on any atom is 0.328 e. The summed E-state index contributed by atoms with van der Waals surface area (Å²) in [7, 11) is 0. The number of carboxylic acid groups (broad SMARTS) is 1. The first-order valence-electron chi connectivity index (χ1n) is 6.25. The van der Waals surface area contributed by atoms with Crippen LogP contribution in [0.4, 0.5) is 0 Å². The van der Waals surface area contributed by atoms with Crippen LogP contribution in [0.3, 0.4) is 0 Å². The van der Waals surface area contributed by atoms with Crippen LogP contribution in [0.5, 0.6) is 0 Å². The van der Waals surface area contributed by atoms with E-state index in [0.29, 0.717) is 6.54 Å². The molecule has 1 atom stereocenters. The molecule has 0 heterocycles. The van der Waals surface area contributed by atoms with Gasteiger partial charge in [-0.3, -0.25) is 0 Å². The van der Waals surface area contributed by atoms with E-state index in [4.69, 9.17) is 5.11 Å². The summed E-state index contributed by atoms with van der Waals surface area (Å²) in [6, 6.07) is 8.72. The quantitative estimate of drug-likeness (QED) is 0.760. The summed E-state index contributed by atoms with van der Waals surface area (Å²) in [4.78, 5) is 10.5. The number of carboxylic acids is 1. The van der Waals surface area contributed by atoms with Crippen molar-refractivity contribution >= 4 is 5.97 Å². The number of aliphatic carboxylic acids is 1. The average molecular weight is 247 g/mol. The summed E-state index contributed by atoms with van der Waals surface area (Å²) < 4.78 is 0. The zero-order valence-electron chi connectivity index (χ0n) is 11.2. The molecular weight excluding hydrogens is 226 g/mol. The Labute approximate surface area is 109 Å². The lowest BCUT2D eigenvalue weighted by Gasteiger charge is -2.14. The first kappa shape index (κ1) is 14.5. The van der Waals surface area contributed by atoms with Gasteiger partial charge in [-0.05, 0) is 31.4 Å². The van der Waals surface area contributed by atoms with E-state index >= 15 is 0 Å². The second-order valence-corrected chi connectivity index (χ2v) is 4.53. The molecule has 98 valence electrons. The van der Waals surface area contributed by atoms with Crippen LogP contribution in [0.25, 0.3) is 0 Å². The Morgan fingerprint density at radius 3 is 2.50 bits per heavy atom. The van der Waals surface area contributed by atoms with Crippen LogP contribution in [0, 0.1) is 0 Å². The molecule has 0 aliphatic rings. The van der Waals surface area contributed by atoms with Gasteiger partial charge in [0.05, 0.1) is 0 Å². The molecule has 0 saturated carbocycles. The molecule has 0 aliphatic carbocycles. The van der Waals surface area contributed by atoms with Gasteiger partial charge >= 0.3 is 5.97 Å². The zero-order valence-corrected chi connectivity index (χ0v) is 11.2. The second kappa shape index (κ2) is 6.97. The van der Waals surface area contributed by atoms with Crippen LogP contribution >= 0.6 is 0 Å². The Bertz CT molecular complexity index is 421. The molecule has 18 heavy (non-hydrogen) atoms. The van der Waals surface area contributed by atoms with E-state index in [2.05, 4.69) is 43.4 Å². The summed E-state index contributed by atoms with van der Waals surface area (Å²) in [6.45, 7) is 6.61. The second-order valence-electron chi connectivity index (χ2n) is 4.53. The molecule has 0 bridgehead atoms.